The molecule has 4 aromatic rings. The molecule has 0 radical (unpaired) electrons. The summed E-state index contributed by atoms with van der Waals surface area (Å²) in [4.78, 5) is 12.6. The number of fused-ring (bicyclic) bond motifs is 4. The monoisotopic (exact) mass is 519 g/mol. The third-order valence-electron chi connectivity index (χ3n) is 6.70. The largest absolute Gasteiger partial charge is 0.618 e. The first-order valence-electron chi connectivity index (χ1n) is 12.0. The molecule has 3 N–H and O–H groups in total. The maximum atomic E-state index is 14.6. The van der Waals surface area contributed by atoms with Crippen LogP contribution < -0.4 is 15.8 Å². The predicted octanol–water partition coefficient (Wildman–Crippen LogP) is 6.81. The summed E-state index contributed by atoms with van der Waals surface area (Å²) in [7, 11) is 0. The van der Waals surface area contributed by atoms with Crippen LogP contribution in [0.3, 0.4) is 0 Å². The number of hydrogen-bond donors (Lipinski definition) is 2. The number of carbonyl (C=O) groups is 1. The minimum Gasteiger partial charge on any atom is -0.618 e. The molecular weight excluding hydrogens is 496 g/mol. The standard InChI is InChI=1S/C29H24ClF2N3O2/c30-23-11-12-24(31)28(29(23)32)19-8-13-26(35(37)16-19)22-6-1-2-7-27(36)34-25-15-20(33)9-10-21(25)17-4-3-5-18(22)14-17/h3-5,8-16,22H,1-2,6-7,33H2,(H,34,36). The Labute approximate surface area is 218 Å². The molecule has 0 aliphatic carbocycles. The van der Waals surface area contributed by atoms with Gasteiger partial charge in [-0.3, -0.25) is 4.79 Å². The van der Waals surface area contributed by atoms with Crippen LogP contribution in [-0.4, -0.2) is 5.91 Å². The van der Waals surface area contributed by atoms with Crippen LogP contribution in [0.25, 0.3) is 22.3 Å². The van der Waals surface area contributed by atoms with E-state index in [2.05, 4.69) is 5.32 Å². The number of nitrogens with one attached hydrogen (secondary N) is 1. The summed E-state index contributed by atoms with van der Waals surface area (Å²) in [5, 5.41) is 16.0. The van der Waals surface area contributed by atoms with Crippen molar-refractivity contribution in [1.82, 2.24) is 0 Å². The summed E-state index contributed by atoms with van der Waals surface area (Å²) in [5.41, 5.74) is 9.97. The molecule has 1 aliphatic heterocycles. The Hall–Kier alpha value is -3.97. The van der Waals surface area contributed by atoms with E-state index in [0.29, 0.717) is 47.5 Å². The SMILES string of the molecule is Nc1ccc2c(c1)NC(=O)CCCCC(c1ccc(-c3c(F)ccc(Cl)c3F)c[n+]1[O-])c1cccc-2c1. The Bertz CT molecular complexity index is 1510. The maximum Gasteiger partial charge on any atom is 0.224 e. The lowest BCUT2D eigenvalue weighted by Crippen LogP contribution is -2.33. The smallest absolute Gasteiger partial charge is 0.224 e. The molecule has 1 atom stereocenters. The number of rotatable bonds is 2. The van der Waals surface area contributed by atoms with Crippen LogP contribution in [0, 0.1) is 16.8 Å². The number of benzene rings is 3. The van der Waals surface area contributed by atoms with E-state index in [4.69, 9.17) is 17.3 Å². The number of hydrogen-bond acceptors (Lipinski definition) is 3. The molecule has 3 aromatic carbocycles. The fourth-order valence-corrected chi connectivity index (χ4v) is 5.03. The number of nitrogens with zero attached hydrogens (tertiary/aromatic N) is 1. The van der Waals surface area contributed by atoms with Crippen LogP contribution in [0.4, 0.5) is 20.2 Å². The van der Waals surface area contributed by atoms with Crippen molar-refractivity contribution in [1.29, 1.82) is 0 Å². The zero-order valence-electron chi connectivity index (χ0n) is 19.8. The second kappa shape index (κ2) is 10.2. The van der Waals surface area contributed by atoms with Gasteiger partial charge in [0.15, 0.2) is 17.7 Å². The quantitative estimate of drug-likeness (QED) is 0.132. The first-order chi connectivity index (χ1) is 17.8. The highest BCUT2D eigenvalue weighted by molar-refractivity contribution is 6.31. The summed E-state index contributed by atoms with van der Waals surface area (Å²) in [6, 6.07) is 18.5. The molecule has 8 heteroatoms. The third-order valence-corrected chi connectivity index (χ3v) is 6.99. The van der Waals surface area contributed by atoms with E-state index in [1.165, 1.54) is 12.3 Å². The lowest BCUT2D eigenvalue weighted by atomic mass is 9.87. The highest BCUT2D eigenvalue weighted by Crippen LogP contribution is 2.36. The van der Waals surface area contributed by atoms with Crippen molar-refractivity contribution in [3.8, 4) is 22.3 Å². The van der Waals surface area contributed by atoms with Crippen molar-refractivity contribution in [2.45, 2.75) is 31.6 Å². The number of aromatic nitrogens is 1. The van der Waals surface area contributed by atoms with E-state index >= 15 is 0 Å². The first-order valence-corrected chi connectivity index (χ1v) is 12.4. The summed E-state index contributed by atoms with van der Waals surface area (Å²) in [5.74, 6) is -2.11. The molecule has 1 amide bonds. The number of nitrogens with two attached hydrogens (primary N) is 1. The Kier molecular flexibility index (Phi) is 6.80. The molecule has 0 saturated carbocycles. The van der Waals surface area contributed by atoms with Gasteiger partial charge in [0.05, 0.1) is 27.8 Å². The Morgan fingerprint density at radius 3 is 2.65 bits per heavy atom. The normalized spacial score (nSPS) is 15.8. The molecule has 5 nitrogen and oxygen atoms in total. The molecule has 0 spiro atoms. The van der Waals surface area contributed by atoms with Gasteiger partial charge in [0.25, 0.3) is 0 Å². The minimum atomic E-state index is -0.911. The van der Waals surface area contributed by atoms with Crippen molar-refractivity contribution in [3.63, 3.8) is 0 Å². The molecule has 5 rings (SSSR count). The molecule has 2 heterocycles. The molecule has 0 saturated heterocycles. The van der Waals surface area contributed by atoms with Gasteiger partial charge in [-0.25, -0.2) is 8.78 Å². The second-order valence-electron chi connectivity index (χ2n) is 9.16. The molecule has 1 aliphatic rings. The van der Waals surface area contributed by atoms with Gasteiger partial charge < -0.3 is 16.3 Å². The Morgan fingerprint density at radius 1 is 1.00 bits per heavy atom. The van der Waals surface area contributed by atoms with Crippen molar-refractivity contribution in [2.24, 2.45) is 0 Å². The van der Waals surface area contributed by atoms with Gasteiger partial charge >= 0.3 is 0 Å². The number of anilines is 2. The molecule has 188 valence electrons. The van der Waals surface area contributed by atoms with Crippen LogP contribution in [0.5, 0.6) is 0 Å². The van der Waals surface area contributed by atoms with E-state index in [9.17, 15) is 18.8 Å². The fraction of sp³-hybridized carbons (Fsp3) is 0.172. The summed E-state index contributed by atoms with van der Waals surface area (Å²) in [6.07, 6.45) is 3.46. The minimum absolute atomic E-state index is 0.0985. The van der Waals surface area contributed by atoms with E-state index in [0.717, 1.165) is 28.8 Å². The van der Waals surface area contributed by atoms with Gasteiger partial charge in [-0.2, -0.15) is 4.73 Å². The third kappa shape index (κ3) is 5.00. The number of nitrogen functional groups attached to an aromatic ring is 1. The molecule has 1 aromatic heterocycles. The Balaban J connectivity index is 1.60. The van der Waals surface area contributed by atoms with Crippen LogP contribution in [-0.2, 0) is 4.79 Å². The van der Waals surface area contributed by atoms with Gasteiger partial charge in [0.1, 0.15) is 5.82 Å². The molecule has 0 fully saturated rings. The number of pyridine rings is 1. The number of carbonyl (C=O) groups excluding carboxylic acids is 1. The van der Waals surface area contributed by atoms with Crippen molar-refractivity contribution >= 4 is 28.9 Å². The first kappa shape index (κ1) is 24.7. The highest BCUT2D eigenvalue weighted by Gasteiger charge is 2.25. The topological polar surface area (TPSA) is 82.1 Å². The van der Waals surface area contributed by atoms with Crippen LogP contribution in [0.2, 0.25) is 5.02 Å². The lowest BCUT2D eigenvalue weighted by molar-refractivity contribution is -0.614. The van der Waals surface area contributed by atoms with Gasteiger partial charge in [-0.05, 0) is 54.3 Å². The average molecular weight is 520 g/mol. The van der Waals surface area contributed by atoms with E-state index < -0.39 is 11.6 Å². The summed E-state index contributed by atoms with van der Waals surface area (Å²) in [6.45, 7) is 0. The van der Waals surface area contributed by atoms with Gasteiger partial charge in [-0.1, -0.05) is 48.4 Å². The van der Waals surface area contributed by atoms with E-state index in [1.807, 2.05) is 30.3 Å². The molecule has 2 bridgehead atoms. The highest BCUT2D eigenvalue weighted by atomic mass is 35.5. The number of amides is 1. The molecular formula is C29H24ClF2N3O2. The van der Waals surface area contributed by atoms with E-state index in [1.54, 1.807) is 18.2 Å². The average Bonchev–Trinajstić information content (AvgIpc) is 2.87. The van der Waals surface area contributed by atoms with Crippen molar-refractivity contribution in [3.05, 3.63) is 106 Å². The Morgan fingerprint density at radius 2 is 1.84 bits per heavy atom. The van der Waals surface area contributed by atoms with Crippen LogP contribution in [0.1, 0.15) is 42.9 Å². The fourth-order valence-electron chi connectivity index (χ4n) is 4.87. The second-order valence-corrected chi connectivity index (χ2v) is 9.57. The van der Waals surface area contributed by atoms with Crippen molar-refractivity contribution < 1.29 is 18.3 Å². The zero-order valence-corrected chi connectivity index (χ0v) is 20.6. The predicted molar refractivity (Wildman–Crippen MR) is 141 cm³/mol. The molecule has 37 heavy (non-hydrogen) atoms. The van der Waals surface area contributed by atoms with Gasteiger partial charge in [-0.15, -0.1) is 0 Å². The van der Waals surface area contributed by atoms with Crippen molar-refractivity contribution in [2.75, 3.05) is 11.1 Å². The lowest BCUT2D eigenvalue weighted by Gasteiger charge is -2.20. The van der Waals surface area contributed by atoms with Gasteiger partial charge in [0.2, 0.25) is 5.91 Å². The summed E-state index contributed by atoms with van der Waals surface area (Å²) >= 11 is 5.85. The number of halogens is 3. The maximum absolute atomic E-state index is 14.6. The van der Waals surface area contributed by atoms with E-state index in [-0.39, 0.29) is 28.0 Å². The summed E-state index contributed by atoms with van der Waals surface area (Å²) < 4.78 is 29.7. The van der Waals surface area contributed by atoms with Crippen LogP contribution in [0.15, 0.2) is 72.9 Å². The zero-order chi connectivity index (χ0) is 26.1. The van der Waals surface area contributed by atoms with Gasteiger partial charge in [0, 0.05) is 23.7 Å². The van der Waals surface area contributed by atoms with Crippen LogP contribution >= 0.6 is 11.6 Å². The molecule has 1 unspecified atom stereocenters.